The molecule has 0 aliphatic rings. The third-order valence-corrected chi connectivity index (χ3v) is 3.97. The first-order valence-corrected chi connectivity index (χ1v) is 6.89. The molecule has 0 unspecified atom stereocenters. The Labute approximate surface area is 123 Å². The summed E-state index contributed by atoms with van der Waals surface area (Å²) >= 11 is 0. The third-order valence-electron chi connectivity index (χ3n) is 3.97. The summed E-state index contributed by atoms with van der Waals surface area (Å²) in [6.07, 6.45) is 1.79. The largest absolute Gasteiger partial charge is 0.383 e. The zero-order chi connectivity index (χ0) is 15.1. The topological polar surface area (TPSA) is 72.5 Å². The average Bonchev–Trinajstić information content (AvgIpc) is 2.98. The SMILES string of the molecule is Cc1ccc(-c2c(-c3cn[nH]c3C)nn(C)c2N)cc1C. The van der Waals surface area contributed by atoms with Crippen LogP contribution >= 0.6 is 0 Å². The van der Waals surface area contributed by atoms with Gasteiger partial charge in [0.05, 0.1) is 11.8 Å². The van der Waals surface area contributed by atoms with Crippen LogP contribution in [-0.4, -0.2) is 20.0 Å². The van der Waals surface area contributed by atoms with Crippen molar-refractivity contribution in [3.63, 3.8) is 0 Å². The monoisotopic (exact) mass is 281 g/mol. The number of aromatic nitrogens is 4. The first-order valence-electron chi connectivity index (χ1n) is 6.89. The maximum Gasteiger partial charge on any atom is 0.129 e. The van der Waals surface area contributed by atoms with Crippen LogP contribution in [0.3, 0.4) is 0 Å². The summed E-state index contributed by atoms with van der Waals surface area (Å²) in [4.78, 5) is 0. The zero-order valence-corrected chi connectivity index (χ0v) is 12.7. The van der Waals surface area contributed by atoms with Gasteiger partial charge in [-0.2, -0.15) is 10.2 Å². The highest BCUT2D eigenvalue weighted by Gasteiger charge is 2.19. The molecule has 3 rings (SSSR count). The molecule has 0 amide bonds. The molecule has 0 saturated heterocycles. The van der Waals surface area contributed by atoms with Crippen LogP contribution in [0, 0.1) is 20.8 Å². The van der Waals surface area contributed by atoms with E-state index < -0.39 is 0 Å². The Hall–Kier alpha value is -2.56. The van der Waals surface area contributed by atoms with E-state index in [2.05, 4.69) is 47.3 Å². The van der Waals surface area contributed by atoms with Crippen molar-refractivity contribution in [3.05, 3.63) is 41.2 Å². The number of nitrogens with one attached hydrogen (secondary N) is 1. The average molecular weight is 281 g/mol. The highest BCUT2D eigenvalue weighted by atomic mass is 15.3. The lowest BCUT2D eigenvalue weighted by molar-refractivity contribution is 0.782. The Kier molecular flexibility index (Phi) is 3.05. The molecule has 3 aromatic rings. The molecule has 0 bridgehead atoms. The minimum Gasteiger partial charge on any atom is -0.383 e. The summed E-state index contributed by atoms with van der Waals surface area (Å²) in [6.45, 7) is 6.19. The van der Waals surface area contributed by atoms with E-state index in [-0.39, 0.29) is 0 Å². The summed E-state index contributed by atoms with van der Waals surface area (Å²) in [5.74, 6) is 0.661. The summed E-state index contributed by atoms with van der Waals surface area (Å²) in [5.41, 5.74) is 13.6. The number of hydrogen-bond acceptors (Lipinski definition) is 3. The van der Waals surface area contributed by atoms with Gasteiger partial charge in [-0.1, -0.05) is 18.2 Å². The minimum atomic E-state index is 0.661. The fraction of sp³-hybridized carbons (Fsp3) is 0.250. The zero-order valence-electron chi connectivity index (χ0n) is 12.7. The van der Waals surface area contributed by atoms with Gasteiger partial charge in [0.2, 0.25) is 0 Å². The minimum absolute atomic E-state index is 0.661. The second-order valence-electron chi connectivity index (χ2n) is 5.44. The standard InChI is InChI=1S/C16H19N5/c1-9-5-6-12(7-10(9)2)14-15(20-21(4)16(14)17)13-8-18-19-11(13)3/h5-8H,17H2,1-4H3,(H,18,19). The number of H-pyrrole nitrogens is 1. The molecule has 0 fully saturated rings. The van der Waals surface area contributed by atoms with Crippen molar-refractivity contribution in [2.45, 2.75) is 20.8 Å². The molecular formula is C16H19N5. The van der Waals surface area contributed by atoms with Gasteiger partial charge in [-0.05, 0) is 37.5 Å². The van der Waals surface area contributed by atoms with E-state index in [1.54, 1.807) is 10.9 Å². The van der Waals surface area contributed by atoms with Crippen LogP contribution in [0.25, 0.3) is 22.4 Å². The first-order chi connectivity index (χ1) is 9.99. The van der Waals surface area contributed by atoms with E-state index in [1.165, 1.54) is 11.1 Å². The molecule has 3 N–H and O–H groups in total. The van der Waals surface area contributed by atoms with Crippen molar-refractivity contribution >= 4 is 5.82 Å². The van der Waals surface area contributed by atoms with Crippen LogP contribution in [0.1, 0.15) is 16.8 Å². The molecule has 0 saturated carbocycles. The van der Waals surface area contributed by atoms with E-state index in [0.29, 0.717) is 5.82 Å². The Bertz CT molecular complexity index is 810. The van der Waals surface area contributed by atoms with Gasteiger partial charge >= 0.3 is 0 Å². The molecule has 2 aromatic heterocycles. The van der Waals surface area contributed by atoms with Gasteiger partial charge in [-0.15, -0.1) is 0 Å². The number of nitrogen functional groups attached to an aromatic ring is 1. The Morgan fingerprint density at radius 2 is 1.90 bits per heavy atom. The number of aryl methyl sites for hydroxylation is 4. The maximum absolute atomic E-state index is 6.25. The molecule has 21 heavy (non-hydrogen) atoms. The van der Waals surface area contributed by atoms with E-state index in [4.69, 9.17) is 5.73 Å². The summed E-state index contributed by atoms with van der Waals surface area (Å²) in [6, 6.07) is 6.36. The quantitative estimate of drug-likeness (QED) is 0.758. The van der Waals surface area contributed by atoms with Crippen molar-refractivity contribution < 1.29 is 0 Å². The third kappa shape index (κ3) is 2.11. The van der Waals surface area contributed by atoms with Gasteiger partial charge in [-0.3, -0.25) is 9.78 Å². The second-order valence-corrected chi connectivity index (χ2v) is 5.44. The van der Waals surface area contributed by atoms with E-state index >= 15 is 0 Å². The van der Waals surface area contributed by atoms with Crippen LogP contribution in [0.2, 0.25) is 0 Å². The Morgan fingerprint density at radius 3 is 2.52 bits per heavy atom. The first kappa shape index (κ1) is 13.4. The Balaban J connectivity index is 2.27. The molecule has 2 heterocycles. The number of rotatable bonds is 2. The fourth-order valence-corrected chi connectivity index (χ4v) is 2.50. The molecule has 0 spiro atoms. The lowest BCUT2D eigenvalue weighted by atomic mass is 9.98. The number of nitrogens with zero attached hydrogens (tertiary/aromatic N) is 3. The number of nitrogens with two attached hydrogens (primary N) is 1. The van der Waals surface area contributed by atoms with Gasteiger partial charge in [0.15, 0.2) is 0 Å². The van der Waals surface area contributed by atoms with E-state index in [9.17, 15) is 0 Å². The van der Waals surface area contributed by atoms with Crippen molar-refractivity contribution in [1.29, 1.82) is 0 Å². The molecule has 0 atom stereocenters. The van der Waals surface area contributed by atoms with Crippen molar-refractivity contribution in [2.75, 3.05) is 5.73 Å². The lowest BCUT2D eigenvalue weighted by Gasteiger charge is -2.07. The van der Waals surface area contributed by atoms with E-state index in [1.807, 2.05) is 14.0 Å². The number of anilines is 1. The van der Waals surface area contributed by atoms with Crippen LogP contribution in [-0.2, 0) is 7.05 Å². The predicted octanol–water partition coefficient (Wildman–Crippen LogP) is 2.98. The molecular weight excluding hydrogens is 262 g/mol. The number of aromatic amines is 1. The van der Waals surface area contributed by atoms with Crippen LogP contribution in [0.4, 0.5) is 5.82 Å². The Morgan fingerprint density at radius 1 is 1.14 bits per heavy atom. The van der Waals surface area contributed by atoms with E-state index in [0.717, 1.165) is 28.1 Å². The van der Waals surface area contributed by atoms with Gasteiger partial charge in [0.1, 0.15) is 11.5 Å². The highest BCUT2D eigenvalue weighted by molar-refractivity contribution is 5.88. The molecule has 5 heteroatoms. The van der Waals surface area contributed by atoms with Gasteiger partial charge in [0.25, 0.3) is 0 Å². The predicted molar refractivity (Wildman–Crippen MR) is 84.8 cm³/mol. The molecule has 0 aliphatic carbocycles. The molecule has 5 nitrogen and oxygen atoms in total. The maximum atomic E-state index is 6.25. The molecule has 1 aromatic carbocycles. The summed E-state index contributed by atoms with van der Waals surface area (Å²) < 4.78 is 1.71. The van der Waals surface area contributed by atoms with Gasteiger partial charge in [0, 0.05) is 18.3 Å². The molecule has 108 valence electrons. The van der Waals surface area contributed by atoms with Crippen molar-refractivity contribution in [3.8, 4) is 22.4 Å². The smallest absolute Gasteiger partial charge is 0.129 e. The fourth-order valence-electron chi connectivity index (χ4n) is 2.50. The normalized spacial score (nSPS) is 11.0. The summed E-state index contributed by atoms with van der Waals surface area (Å²) in [7, 11) is 1.86. The van der Waals surface area contributed by atoms with Gasteiger partial charge in [-0.25, -0.2) is 0 Å². The number of hydrogen-bond donors (Lipinski definition) is 2. The number of benzene rings is 1. The molecule has 0 aliphatic heterocycles. The highest BCUT2D eigenvalue weighted by Crippen LogP contribution is 2.37. The lowest BCUT2D eigenvalue weighted by Crippen LogP contribution is -1.98. The van der Waals surface area contributed by atoms with Crippen LogP contribution < -0.4 is 5.73 Å². The molecule has 0 radical (unpaired) electrons. The van der Waals surface area contributed by atoms with Crippen molar-refractivity contribution in [1.82, 2.24) is 20.0 Å². The van der Waals surface area contributed by atoms with Gasteiger partial charge < -0.3 is 5.73 Å². The summed E-state index contributed by atoms with van der Waals surface area (Å²) in [5, 5.41) is 11.6. The van der Waals surface area contributed by atoms with Crippen LogP contribution in [0.5, 0.6) is 0 Å². The van der Waals surface area contributed by atoms with Crippen molar-refractivity contribution in [2.24, 2.45) is 7.05 Å². The second kappa shape index (κ2) is 4.77. The van der Waals surface area contributed by atoms with Crippen LogP contribution in [0.15, 0.2) is 24.4 Å².